The average molecular weight is 755 g/mol. The molecule has 2 aromatic carbocycles. The molecule has 54 heavy (non-hydrogen) atoms. The van der Waals surface area contributed by atoms with E-state index in [1.807, 2.05) is 49.4 Å². The molecule has 0 saturated heterocycles. The van der Waals surface area contributed by atoms with E-state index in [9.17, 15) is 30.0 Å². The monoisotopic (exact) mass is 754 g/mol. The van der Waals surface area contributed by atoms with E-state index in [2.05, 4.69) is 42.9 Å². The van der Waals surface area contributed by atoms with Crippen LogP contribution in [-0.4, -0.2) is 55.0 Å². The number of rotatable bonds is 8. The van der Waals surface area contributed by atoms with Crippen LogP contribution in [0, 0.1) is 65.1 Å². The first-order chi connectivity index (χ1) is 25.6. The van der Waals surface area contributed by atoms with E-state index >= 15 is 0 Å². The van der Waals surface area contributed by atoms with Crippen LogP contribution in [0.5, 0.6) is 0 Å². The second-order valence-electron chi connectivity index (χ2n) is 17.7. The van der Waals surface area contributed by atoms with E-state index in [1.165, 1.54) is 0 Å². The molecule has 11 atom stereocenters. The molecule has 7 rings (SSSR count). The first-order valence-electron chi connectivity index (χ1n) is 19.8. The summed E-state index contributed by atoms with van der Waals surface area (Å²) < 4.78 is 0. The van der Waals surface area contributed by atoms with E-state index in [1.54, 1.807) is 6.92 Å². The summed E-state index contributed by atoms with van der Waals surface area (Å²) >= 11 is 6.78. The number of ketones is 1. The lowest BCUT2D eigenvalue weighted by Gasteiger charge is -2.64. The topological polar surface area (TPSA) is 140 Å². The highest BCUT2D eigenvalue weighted by Gasteiger charge is 2.66. The van der Waals surface area contributed by atoms with Crippen LogP contribution in [0.4, 0.5) is 5.69 Å². The lowest BCUT2D eigenvalue weighted by molar-refractivity contribution is -0.211. The zero-order valence-corrected chi connectivity index (χ0v) is 32.9. The molecule has 0 spiro atoms. The standard InChI is InChI=1S/C45H55ClN2O6/c1-25(10-15-39(52)53)32-13-14-33-41-34(22-38(51)44(32,33)5)43(4)18-19-45(54,23-30(43)21-37(41)50)17-16-29-12-11-28(20-35(29)46)24-47-42-31-8-6-7-9-36(31)48-26(2)40(42)27(3)49/h6-9,11-12,20,25,30,32-34,37-38,41,50-51,54H,10,13-15,18-19,21-24H2,1-5H3,(H,47,48)(H,52,53)/t25-,30?,32-,33?,34?,37?,38+,41?,43+,44-,45-/m1/s1. The quantitative estimate of drug-likeness (QED) is 0.115. The number of aliphatic hydroxyl groups excluding tert-OH is 2. The van der Waals surface area contributed by atoms with Crippen LogP contribution >= 0.6 is 11.6 Å². The fraction of sp³-hybridized carbons (Fsp3) is 0.578. The molecular weight excluding hydrogens is 700 g/mol. The van der Waals surface area contributed by atoms with Crippen molar-refractivity contribution in [2.24, 2.45) is 46.3 Å². The highest BCUT2D eigenvalue weighted by molar-refractivity contribution is 6.31. The maximum Gasteiger partial charge on any atom is 0.303 e. The average Bonchev–Trinajstić information content (AvgIpc) is 3.48. The normalized spacial score (nSPS) is 34.9. The number of aromatic nitrogens is 1. The number of nitrogens with one attached hydrogen (secondary N) is 1. The summed E-state index contributed by atoms with van der Waals surface area (Å²) in [6.45, 7) is 10.5. The van der Waals surface area contributed by atoms with Gasteiger partial charge in [0.15, 0.2) is 5.78 Å². The van der Waals surface area contributed by atoms with Gasteiger partial charge in [0.2, 0.25) is 0 Å². The van der Waals surface area contributed by atoms with Gasteiger partial charge in [-0.15, -0.1) is 0 Å². The van der Waals surface area contributed by atoms with Crippen molar-refractivity contribution in [1.29, 1.82) is 0 Å². The van der Waals surface area contributed by atoms with Gasteiger partial charge in [-0.25, -0.2) is 0 Å². The molecule has 5 N–H and O–H groups in total. The van der Waals surface area contributed by atoms with Crippen molar-refractivity contribution in [2.45, 2.75) is 117 Å². The van der Waals surface area contributed by atoms with Crippen LogP contribution in [-0.2, 0) is 11.3 Å². The number of nitrogens with zero attached hydrogens (tertiary/aromatic N) is 1. The van der Waals surface area contributed by atoms with Crippen LogP contribution in [0.25, 0.3) is 10.9 Å². The van der Waals surface area contributed by atoms with Crippen molar-refractivity contribution in [3.8, 4) is 11.8 Å². The lowest BCUT2D eigenvalue weighted by atomic mass is 9.42. The van der Waals surface area contributed by atoms with Crippen molar-refractivity contribution in [3.05, 3.63) is 69.9 Å². The third-order valence-electron chi connectivity index (χ3n) is 14.8. The molecule has 4 saturated carbocycles. The van der Waals surface area contributed by atoms with E-state index in [0.29, 0.717) is 60.5 Å². The van der Waals surface area contributed by atoms with Gasteiger partial charge >= 0.3 is 5.97 Å². The molecular formula is C45H55ClN2O6. The SMILES string of the molecule is CC(=O)c1c(C)nc2ccccc2c1NCc1ccc(C#C[C@@]2(O)CC[C@@]3(C)C(CC(O)C4C3C[C@H](O)[C@@]3(C)C4CC[C@@H]3[C@H](C)CCC(=O)O)C2)c(Cl)c1. The number of carboxylic acids is 1. The predicted molar refractivity (Wildman–Crippen MR) is 211 cm³/mol. The van der Waals surface area contributed by atoms with Gasteiger partial charge in [0, 0.05) is 23.9 Å². The second kappa shape index (κ2) is 14.5. The molecule has 8 nitrogen and oxygen atoms in total. The number of para-hydroxylation sites is 1. The Morgan fingerprint density at radius 2 is 1.83 bits per heavy atom. The number of carbonyl (C=O) groups excluding carboxylic acids is 1. The third kappa shape index (κ3) is 6.74. The number of aliphatic carboxylic acids is 1. The predicted octanol–water partition coefficient (Wildman–Crippen LogP) is 8.20. The number of halogens is 1. The summed E-state index contributed by atoms with van der Waals surface area (Å²) in [5, 5.41) is 49.8. The number of aliphatic hydroxyl groups is 3. The molecule has 5 unspecified atom stereocenters. The first-order valence-corrected chi connectivity index (χ1v) is 20.2. The number of anilines is 1. The van der Waals surface area contributed by atoms with Crippen LogP contribution in [0.2, 0.25) is 5.02 Å². The Morgan fingerprint density at radius 3 is 2.56 bits per heavy atom. The number of aryl methyl sites for hydroxylation is 1. The van der Waals surface area contributed by atoms with Gasteiger partial charge in [0.05, 0.1) is 39.7 Å². The molecule has 1 heterocycles. The minimum Gasteiger partial charge on any atom is -0.481 e. The summed E-state index contributed by atoms with van der Waals surface area (Å²) in [6.07, 6.45) is 4.55. The van der Waals surface area contributed by atoms with Crippen molar-refractivity contribution in [1.82, 2.24) is 4.98 Å². The van der Waals surface area contributed by atoms with Crippen LogP contribution in [0.15, 0.2) is 42.5 Å². The Bertz CT molecular complexity index is 2020. The number of carbonyl (C=O) groups is 2. The van der Waals surface area contributed by atoms with Crippen LogP contribution < -0.4 is 5.32 Å². The fourth-order valence-electron chi connectivity index (χ4n) is 11.9. The summed E-state index contributed by atoms with van der Waals surface area (Å²) in [4.78, 5) is 28.6. The molecule has 0 bridgehead atoms. The molecule has 0 aliphatic heterocycles. The van der Waals surface area contributed by atoms with Crippen molar-refractivity contribution in [3.63, 3.8) is 0 Å². The lowest BCUT2D eigenvalue weighted by Crippen LogP contribution is -2.63. The number of hydrogen-bond acceptors (Lipinski definition) is 7. The van der Waals surface area contributed by atoms with Gasteiger partial charge in [-0.2, -0.15) is 0 Å². The largest absolute Gasteiger partial charge is 0.481 e. The minimum absolute atomic E-state index is 0.0527. The fourth-order valence-corrected chi connectivity index (χ4v) is 12.2. The summed E-state index contributed by atoms with van der Waals surface area (Å²) in [7, 11) is 0. The number of fused-ring (bicyclic) bond motifs is 6. The van der Waals surface area contributed by atoms with E-state index in [0.717, 1.165) is 41.4 Å². The van der Waals surface area contributed by atoms with Gasteiger partial charge in [-0.05, 0) is 135 Å². The number of carboxylic acid groups (broad SMARTS) is 1. The highest BCUT2D eigenvalue weighted by atomic mass is 35.5. The second-order valence-corrected chi connectivity index (χ2v) is 18.1. The van der Waals surface area contributed by atoms with E-state index in [-0.39, 0.29) is 58.5 Å². The Kier molecular flexibility index (Phi) is 10.4. The highest BCUT2D eigenvalue weighted by Crippen LogP contribution is 2.69. The van der Waals surface area contributed by atoms with Gasteiger partial charge in [0.25, 0.3) is 0 Å². The number of pyridine rings is 1. The van der Waals surface area contributed by atoms with Crippen molar-refractivity contribution < 1.29 is 30.0 Å². The molecule has 1 aromatic heterocycles. The van der Waals surface area contributed by atoms with Gasteiger partial charge in [-0.3, -0.25) is 14.6 Å². The van der Waals surface area contributed by atoms with Crippen LogP contribution in [0.3, 0.4) is 0 Å². The molecule has 3 aromatic rings. The minimum atomic E-state index is -1.22. The summed E-state index contributed by atoms with van der Waals surface area (Å²) in [6, 6.07) is 13.4. The molecule has 288 valence electrons. The van der Waals surface area contributed by atoms with E-state index in [4.69, 9.17) is 11.6 Å². The number of hydrogen-bond donors (Lipinski definition) is 5. The van der Waals surface area contributed by atoms with Gasteiger partial charge in [0.1, 0.15) is 5.60 Å². The van der Waals surface area contributed by atoms with E-state index < -0.39 is 23.8 Å². The van der Waals surface area contributed by atoms with Crippen molar-refractivity contribution in [2.75, 3.05) is 5.32 Å². The number of benzene rings is 2. The molecule has 4 aliphatic carbocycles. The van der Waals surface area contributed by atoms with Crippen molar-refractivity contribution >= 4 is 39.9 Å². The van der Waals surface area contributed by atoms with Gasteiger partial charge in [-0.1, -0.05) is 68.5 Å². The molecule has 0 amide bonds. The zero-order valence-electron chi connectivity index (χ0n) is 32.2. The molecule has 0 radical (unpaired) electrons. The Labute approximate surface area is 324 Å². The number of Topliss-reactive ketones (excluding diaryl/α,β-unsaturated/α-hetero) is 1. The maximum atomic E-state index is 12.6. The Balaban J connectivity index is 1.05. The Hall–Kier alpha value is -3.48. The molecule has 4 fully saturated rings. The Morgan fingerprint density at radius 1 is 1.07 bits per heavy atom. The smallest absolute Gasteiger partial charge is 0.303 e. The zero-order chi connectivity index (χ0) is 38.7. The summed E-state index contributed by atoms with van der Waals surface area (Å²) in [5.41, 5.74) is 2.67. The molecule has 9 heteroatoms. The third-order valence-corrected chi connectivity index (χ3v) is 15.1. The first kappa shape index (κ1) is 38.8. The van der Waals surface area contributed by atoms with Crippen LogP contribution in [0.1, 0.15) is 113 Å². The van der Waals surface area contributed by atoms with Gasteiger partial charge < -0.3 is 25.7 Å². The maximum absolute atomic E-state index is 12.6. The summed E-state index contributed by atoms with van der Waals surface area (Å²) in [5.74, 6) is 6.42. The molecule has 4 aliphatic rings.